The van der Waals surface area contributed by atoms with E-state index < -0.39 is 0 Å². The third-order valence-corrected chi connectivity index (χ3v) is 5.81. The van der Waals surface area contributed by atoms with Crippen LogP contribution >= 0.6 is 11.8 Å². The number of unbranched alkanes of at least 4 members (excludes halogenated alkanes) is 1. The molecule has 0 aliphatic heterocycles. The van der Waals surface area contributed by atoms with Crippen molar-refractivity contribution in [2.75, 3.05) is 18.8 Å². The van der Waals surface area contributed by atoms with Crippen molar-refractivity contribution < 1.29 is 4.79 Å². The van der Waals surface area contributed by atoms with Gasteiger partial charge in [0, 0.05) is 18.8 Å². The molecule has 2 aromatic heterocycles. The van der Waals surface area contributed by atoms with Gasteiger partial charge in [0.05, 0.1) is 17.0 Å². The number of fused-ring (bicyclic) bond motifs is 1. The molecule has 1 aromatic carbocycles. The zero-order valence-corrected chi connectivity index (χ0v) is 18.3. The van der Waals surface area contributed by atoms with Gasteiger partial charge in [-0.15, -0.1) is 0 Å². The molecule has 0 saturated heterocycles. The lowest BCUT2D eigenvalue weighted by molar-refractivity contribution is -0.128. The lowest BCUT2D eigenvalue weighted by Crippen LogP contribution is -2.33. The Morgan fingerprint density at radius 2 is 1.93 bits per heavy atom. The van der Waals surface area contributed by atoms with E-state index in [9.17, 15) is 9.59 Å². The van der Waals surface area contributed by atoms with E-state index in [1.807, 2.05) is 56.0 Å². The van der Waals surface area contributed by atoms with Gasteiger partial charge in [0.15, 0.2) is 5.16 Å². The minimum absolute atomic E-state index is 0.0704. The standard InChI is InChI=1S/C22H28N4O2S/c1-5-7-12-25(6-2)19(27)14-29-22-24-18-13-16(4)23-20(18)21(28)26(22)17-10-8-15(3)9-11-17/h8-11,13,23H,5-7,12,14H2,1-4H3. The van der Waals surface area contributed by atoms with Crippen molar-refractivity contribution >= 4 is 28.7 Å². The number of amides is 1. The van der Waals surface area contributed by atoms with Gasteiger partial charge in [-0.3, -0.25) is 14.2 Å². The minimum Gasteiger partial charge on any atom is -0.353 e. The predicted molar refractivity (Wildman–Crippen MR) is 119 cm³/mol. The Kier molecular flexibility index (Phi) is 6.79. The number of benzene rings is 1. The van der Waals surface area contributed by atoms with E-state index in [0.717, 1.165) is 36.3 Å². The number of aromatic amines is 1. The second-order valence-electron chi connectivity index (χ2n) is 7.20. The minimum atomic E-state index is -0.153. The van der Waals surface area contributed by atoms with Gasteiger partial charge in [0.1, 0.15) is 5.52 Å². The molecule has 1 N–H and O–H groups in total. The molecule has 0 radical (unpaired) electrons. The van der Waals surface area contributed by atoms with Crippen LogP contribution in [0.25, 0.3) is 16.7 Å². The largest absolute Gasteiger partial charge is 0.353 e. The Labute approximate surface area is 175 Å². The highest BCUT2D eigenvalue weighted by Crippen LogP contribution is 2.22. The van der Waals surface area contributed by atoms with Gasteiger partial charge in [0.25, 0.3) is 5.56 Å². The Balaban J connectivity index is 1.97. The molecule has 0 saturated carbocycles. The molecule has 0 bridgehead atoms. The number of nitrogens with zero attached hydrogens (tertiary/aromatic N) is 3. The van der Waals surface area contributed by atoms with Crippen LogP contribution in [0.4, 0.5) is 0 Å². The highest BCUT2D eigenvalue weighted by atomic mass is 32.2. The number of rotatable bonds is 8. The molecule has 0 unspecified atom stereocenters. The van der Waals surface area contributed by atoms with E-state index in [-0.39, 0.29) is 17.2 Å². The quantitative estimate of drug-likeness (QED) is 0.447. The van der Waals surface area contributed by atoms with Crippen molar-refractivity contribution in [1.82, 2.24) is 19.4 Å². The summed E-state index contributed by atoms with van der Waals surface area (Å²) < 4.78 is 1.60. The molecule has 0 fully saturated rings. The maximum absolute atomic E-state index is 13.2. The average molecular weight is 413 g/mol. The number of aromatic nitrogens is 3. The average Bonchev–Trinajstić information content (AvgIpc) is 3.08. The highest BCUT2D eigenvalue weighted by Gasteiger charge is 2.18. The molecule has 154 valence electrons. The monoisotopic (exact) mass is 412 g/mol. The zero-order chi connectivity index (χ0) is 21.0. The number of carbonyl (C=O) groups excluding carboxylic acids is 1. The first kappa shape index (κ1) is 21.2. The normalized spacial score (nSPS) is 11.2. The van der Waals surface area contributed by atoms with Crippen LogP contribution in [0.3, 0.4) is 0 Å². The molecule has 0 aliphatic rings. The summed E-state index contributed by atoms with van der Waals surface area (Å²) in [4.78, 5) is 35.6. The van der Waals surface area contributed by atoms with Gasteiger partial charge in [0.2, 0.25) is 5.91 Å². The SMILES string of the molecule is CCCCN(CC)C(=O)CSc1nc2cc(C)[nH]c2c(=O)n1-c1ccc(C)cc1. The van der Waals surface area contributed by atoms with Crippen LogP contribution in [0.2, 0.25) is 0 Å². The molecule has 29 heavy (non-hydrogen) atoms. The van der Waals surface area contributed by atoms with Crippen LogP contribution in [-0.4, -0.2) is 44.2 Å². The third kappa shape index (κ3) is 4.72. The van der Waals surface area contributed by atoms with Crippen molar-refractivity contribution in [1.29, 1.82) is 0 Å². The van der Waals surface area contributed by atoms with Crippen molar-refractivity contribution in [3.8, 4) is 5.69 Å². The number of aryl methyl sites for hydroxylation is 2. The van der Waals surface area contributed by atoms with E-state index >= 15 is 0 Å². The molecule has 2 heterocycles. The molecule has 7 heteroatoms. The van der Waals surface area contributed by atoms with Crippen LogP contribution in [0.5, 0.6) is 0 Å². The fraction of sp³-hybridized carbons (Fsp3) is 0.409. The van der Waals surface area contributed by atoms with Crippen LogP contribution in [-0.2, 0) is 4.79 Å². The molecule has 3 rings (SSSR count). The van der Waals surface area contributed by atoms with Crippen LogP contribution < -0.4 is 5.56 Å². The van der Waals surface area contributed by atoms with Crippen molar-refractivity contribution in [2.45, 2.75) is 45.7 Å². The lowest BCUT2D eigenvalue weighted by atomic mass is 10.2. The number of hydrogen-bond acceptors (Lipinski definition) is 4. The number of hydrogen-bond donors (Lipinski definition) is 1. The summed E-state index contributed by atoms with van der Waals surface area (Å²) in [6, 6.07) is 9.61. The summed E-state index contributed by atoms with van der Waals surface area (Å²) >= 11 is 1.32. The molecular weight excluding hydrogens is 384 g/mol. The van der Waals surface area contributed by atoms with Gasteiger partial charge in [-0.05, 0) is 45.4 Å². The fourth-order valence-electron chi connectivity index (χ4n) is 3.22. The van der Waals surface area contributed by atoms with Gasteiger partial charge < -0.3 is 9.88 Å². The van der Waals surface area contributed by atoms with Crippen LogP contribution in [0, 0.1) is 13.8 Å². The molecule has 1 amide bonds. The fourth-order valence-corrected chi connectivity index (χ4v) is 4.14. The van der Waals surface area contributed by atoms with E-state index in [2.05, 4.69) is 11.9 Å². The first-order chi connectivity index (χ1) is 13.9. The molecule has 6 nitrogen and oxygen atoms in total. The van der Waals surface area contributed by atoms with Gasteiger partial charge >= 0.3 is 0 Å². The van der Waals surface area contributed by atoms with Crippen LogP contribution in [0.1, 0.15) is 37.9 Å². The third-order valence-electron chi connectivity index (χ3n) is 4.89. The Morgan fingerprint density at radius 3 is 2.59 bits per heavy atom. The van der Waals surface area contributed by atoms with E-state index in [0.29, 0.717) is 22.7 Å². The highest BCUT2D eigenvalue weighted by molar-refractivity contribution is 7.99. The Morgan fingerprint density at radius 1 is 1.21 bits per heavy atom. The summed E-state index contributed by atoms with van der Waals surface area (Å²) in [6.45, 7) is 9.47. The van der Waals surface area contributed by atoms with Crippen molar-refractivity contribution in [3.05, 3.63) is 51.9 Å². The second-order valence-corrected chi connectivity index (χ2v) is 8.14. The van der Waals surface area contributed by atoms with E-state index in [1.54, 1.807) is 4.57 Å². The smallest absolute Gasteiger partial charge is 0.283 e. The topological polar surface area (TPSA) is 71.0 Å². The maximum atomic E-state index is 13.2. The maximum Gasteiger partial charge on any atom is 0.283 e. The predicted octanol–water partition coefficient (Wildman–Crippen LogP) is 4.07. The van der Waals surface area contributed by atoms with Gasteiger partial charge in [-0.1, -0.05) is 42.8 Å². The molecule has 3 aromatic rings. The second kappa shape index (κ2) is 9.31. The van der Waals surface area contributed by atoms with E-state index in [4.69, 9.17) is 4.98 Å². The lowest BCUT2D eigenvalue weighted by Gasteiger charge is -2.20. The zero-order valence-electron chi connectivity index (χ0n) is 17.5. The summed E-state index contributed by atoms with van der Waals surface area (Å²) in [5.41, 5.74) is 3.71. The van der Waals surface area contributed by atoms with Gasteiger partial charge in [-0.25, -0.2) is 4.98 Å². The summed E-state index contributed by atoms with van der Waals surface area (Å²) in [7, 11) is 0. The molecule has 0 spiro atoms. The Bertz CT molecular complexity index is 1050. The summed E-state index contributed by atoms with van der Waals surface area (Å²) in [5.74, 6) is 0.325. The summed E-state index contributed by atoms with van der Waals surface area (Å²) in [5, 5.41) is 0.533. The summed E-state index contributed by atoms with van der Waals surface area (Å²) in [6.07, 6.45) is 2.04. The number of thioether (sulfide) groups is 1. The molecule has 0 aliphatic carbocycles. The van der Waals surface area contributed by atoms with Crippen molar-refractivity contribution in [3.63, 3.8) is 0 Å². The van der Waals surface area contributed by atoms with Crippen molar-refractivity contribution in [2.24, 2.45) is 0 Å². The van der Waals surface area contributed by atoms with E-state index in [1.165, 1.54) is 11.8 Å². The number of nitrogens with one attached hydrogen (secondary N) is 1. The Hall–Kier alpha value is -2.54. The first-order valence-corrected chi connectivity index (χ1v) is 11.0. The molecule has 0 atom stereocenters. The molecular formula is C22H28N4O2S. The first-order valence-electron chi connectivity index (χ1n) is 10.0. The number of carbonyl (C=O) groups is 1. The number of H-pyrrole nitrogens is 1. The van der Waals surface area contributed by atoms with Crippen LogP contribution in [0.15, 0.2) is 40.3 Å². The van der Waals surface area contributed by atoms with Gasteiger partial charge in [-0.2, -0.15) is 0 Å².